The van der Waals surface area contributed by atoms with E-state index in [0.717, 1.165) is 67.9 Å². The molecule has 0 atom stereocenters. The van der Waals surface area contributed by atoms with E-state index < -0.39 is 11.4 Å². The van der Waals surface area contributed by atoms with Gasteiger partial charge in [0.1, 0.15) is 0 Å². The summed E-state index contributed by atoms with van der Waals surface area (Å²) in [6.07, 6.45) is 8.41. The van der Waals surface area contributed by atoms with Crippen LogP contribution in [0.5, 0.6) is 0 Å². The van der Waals surface area contributed by atoms with Crippen molar-refractivity contribution >= 4 is 17.6 Å². The van der Waals surface area contributed by atoms with Gasteiger partial charge in [-0.25, -0.2) is 0 Å². The summed E-state index contributed by atoms with van der Waals surface area (Å²) in [4.78, 5) is 14.4. The number of carboxylic acids is 1. The van der Waals surface area contributed by atoms with Crippen LogP contribution in [0.3, 0.4) is 0 Å². The Morgan fingerprint density at radius 3 is 2.35 bits per heavy atom. The first-order chi connectivity index (χ1) is 11.1. The molecule has 1 aromatic carbocycles. The fraction of sp³-hybridized carbons (Fsp3) is 0.632. The van der Waals surface area contributed by atoms with E-state index in [1.807, 2.05) is 18.2 Å². The fourth-order valence-corrected chi connectivity index (χ4v) is 4.35. The van der Waals surface area contributed by atoms with Crippen molar-refractivity contribution in [2.24, 2.45) is 0 Å². The van der Waals surface area contributed by atoms with Crippen LogP contribution < -0.4 is 0 Å². The molecule has 0 spiro atoms. The third-order valence-corrected chi connectivity index (χ3v) is 5.92. The maximum Gasteiger partial charge on any atom is 0.314 e. The van der Waals surface area contributed by atoms with Crippen molar-refractivity contribution in [3.63, 3.8) is 0 Å². The normalized spacial score (nSPS) is 22.0. The second-order valence-electron chi connectivity index (χ2n) is 7.09. The number of halogens is 1. The molecule has 1 saturated heterocycles. The predicted octanol–water partition coefficient (Wildman–Crippen LogP) is 4.61. The van der Waals surface area contributed by atoms with Gasteiger partial charge in [0, 0.05) is 11.6 Å². The second kappa shape index (κ2) is 7.23. The van der Waals surface area contributed by atoms with Crippen molar-refractivity contribution in [1.29, 1.82) is 0 Å². The minimum atomic E-state index is -0.731. The van der Waals surface area contributed by atoms with Gasteiger partial charge in [0.05, 0.1) is 5.41 Å². The van der Waals surface area contributed by atoms with Gasteiger partial charge in [-0.15, -0.1) is 0 Å². The average molecular weight is 336 g/mol. The molecule has 1 aromatic rings. The number of hydrogen-bond donors (Lipinski definition) is 1. The Morgan fingerprint density at radius 1 is 1.09 bits per heavy atom. The maximum absolute atomic E-state index is 11.9. The number of piperidine rings is 1. The van der Waals surface area contributed by atoms with Gasteiger partial charge in [-0.05, 0) is 56.0 Å². The Balaban J connectivity index is 1.81. The molecule has 1 aliphatic carbocycles. The van der Waals surface area contributed by atoms with Crippen molar-refractivity contribution in [2.45, 2.75) is 63.3 Å². The molecule has 3 rings (SSSR count). The van der Waals surface area contributed by atoms with Crippen molar-refractivity contribution in [1.82, 2.24) is 4.90 Å². The van der Waals surface area contributed by atoms with Crippen LogP contribution in [-0.2, 0) is 16.8 Å². The molecule has 0 amide bonds. The Hall–Kier alpha value is -1.06. The number of carbonyl (C=O) groups is 1. The number of rotatable bonds is 4. The van der Waals surface area contributed by atoms with Crippen LogP contribution in [0, 0.1) is 0 Å². The van der Waals surface area contributed by atoms with Crippen LogP contribution in [0.1, 0.15) is 62.5 Å². The van der Waals surface area contributed by atoms with Gasteiger partial charge in [0.25, 0.3) is 0 Å². The van der Waals surface area contributed by atoms with Crippen LogP contribution in [0.25, 0.3) is 0 Å². The highest BCUT2D eigenvalue weighted by Crippen LogP contribution is 2.41. The lowest BCUT2D eigenvalue weighted by Gasteiger charge is -2.34. The van der Waals surface area contributed by atoms with E-state index in [1.165, 1.54) is 19.3 Å². The monoisotopic (exact) mass is 335 g/mol. The Kier molecular flexibility index (Phi) is 5.27. The molecular weight excluding hydrogens is 310 g/mol. The molecular formula is C19H26ClNO2. The van der Waals surface area contributed by atoms with Gasteiger partial charge in [0.15, 0.2) is 0 Å². The summed E-state index contributed by atoms with van der Waals surface area (Å²) in [7, 11) is 0. The molecule has 23 heavy (non-hydrogen) atoms. The van der Waals surface area contributed by atoms with Crippen LogP contribution in [-0.4, -0.2) is 29.1 Å². The largest absolute Gasteiger partial charge is 0.481 e. The highest BCUT2D eigenvalue weighted by atomic mass is 35.5. The molecule has 3 nitrogen and oxygen atoms in total. The van der Waals surface area contributed by atoms with E-state index in [2.05, 4.69) is 4.90 Å². The summed E-state index contributed by atoms with van der Waals surface area (Å²) in [6, 6.07) is 5.97. The fourth-order valence-electron chi connectivity index (χ4n) is 4.11. The number of benzene rings is 1. The van der Waals surface area contributed by atoms with Crippen molar-refractivity contribution in [3.05, 3.63) is 34.3 Å². The highest BCUT2D eigenvalue weighted by molar-refractivity contribution is 6.31. The molecule has 0 radical (unpaired) electrons. The van der Waals surface area contributed by atoms with Gasteiger partial charge in [-0.1, -0.05) is 49.4 Å². The highest BCUT2D eigenvalue weighted by Gasteiger charge is 2.41. The van der Waals surface area contributed by atoms with Gasteiger partial charge in [-0.3, -0.25) is 9.69 Å². The number of aliphatic carboxylic acids is 1. The molecule has 1 aliphatic heterocycles. The SMILES string of the molecule is O=C(O)C1(c2ccc(CN3CCCCC3)c(Cl)c2)CCCCC1. The quantitative estimate of drug-likeness (QED) is 0.873. The van der Waals surface area contributed by atoms with E-state index in [0.29, 0.717) is 0 Å². The zero-order chi connectivity index (χ0) is 16.3. The number of likely N-dealkylation sites (tertiary alicyclic amines) is 1. The number of carboxylic acid groups (broad SMARTS) is 1. The Morgan fingerprint density at radius 2 is 1.74 bits per heavy atom. The standard InChI is InChI=1S/C19H26ClNO2/c20-17-13-16(19(18(22)23)9-3-1-4-10-19)8-7-15(17)14-21-11-5-2-6-12-21/h7-8,13H,1-6,9-12,14H2,(H,22,23). The molecule has 2 aliphatic rings. The molecule has 1 N–H and O–H groups in total. The first kappa shape index (κ1) is 16.8. The smallest absolute Gasteiger partial charge is 0.314 e. The second-order valence-corrected chi connectivity index (χ2v) is 7.50. The van der Waals surface area contributed by atoms with E-state index in [-0.39, 0.29) is 0 Å². The lowest BCUT2D eigenvalue weighted by Crippen LogP contribution is -2.37. The summed E-state index contributed by atoms with van der Waals surface area (Å²) in [5.74, 6) is -0.697. The van der Waals surface area contributed by atoms with Gasteiger partial charge < -0.3 is 5.11 Å². The third-order valence-electron chi connectivity index (χ3n) is 5.56. The van der Waals surface area contributed by atoms with Crippen molar-refractivity contribution in [2.75, 3.05) is 13.1 Å². The number of hydrogen-bond acceptors (Lipinski definition) is 2. The number of nitrogens with zero attached hydrogens (tertiary/aromatic N) is 1. The van der Waals surface area contributed by atoms with Crippen molar-refractivity contribution < 1.29 is 9.90 Å². The lowest BCUT2D eigenvalue weighted by atomic mass is 9.69. The Labute approximate surface area is 143 Å². The van der Waals surface area contributed by atoms with Crippen LogP contribution in [0.4, 0.5) is 0 Å². The van der Waals surface area contributed by atoms with E-state index in [1.54, 1.807) is 0 Å². The summed E-state index contributed by atoms with van der Waals surface area (Å²) in [6.45, 7) is 3.15. The lowest BCUT2D eigenvalue weighted by molar-refractivity contribution is -0.145. The van der Waals surface area contributed by atoms with E-state index >= 15 is 0 Å². The summed E-state index contributed by atoms with van der Waals surface area (Å²) < 4.78 is 0. The molecule has 126 valence electrons. The molecule has 0 aromatic heterocycles. The van der Waals surface area contributed by atoms with E-state index in [4.69, 9.17) is 11.6 Å². The zero-order valence-corrected chi connectivity index (χ0v) is 14.4. The zero-order valence-electron chi connectivity index (χ0n) is 13.7. The van der Waals surface area contributed by atoms with Gasteiger partial charge in [-0.2, -0.15) is 0 Å². The van der Waals surface area contributed by atoms with Crippen LogP contribution in [0.2, 0.25) is 5.02 Å². The minimum Gasteiger partial charge on any atom is -0.481 e. The summed E-state index contributed by atoms with van der Waals surface area (Å²) >= 11 is 6.51. The third kappa shape index (κ3) is 3.56. The molecule has 1 heterocycles. The maximum atomic E-state index is 11.9. The van der Waals surface area contributed by atoms with Crippen molar-refractivity contribution in [3.8, 4) is 0 Å². The van der Waals surface area contributed by atoms with E-state index in [9.17, 15) is 9.90 Å². The first-order valence-corrected chi connectivity index (χ1v) is 9.24. The van der Waals surface area contributed by atoms with Gasteiger partial charge in [0.2, 0.25) is 0 Å². The first-order valence-electron chi connectivity index (χ1n) is 8.86. The predicted molar refractivity (Wildman–Crippen MR) is 93.0 cm³/mol. The van der Waals surface area contributed by atoms with Crippen LogP contribution in [0.15, 0.2) is 18.2 Å². The topological polar surface area (TPSA) is 40.5 Å². The molecule has 0 unspecified atom stereocenters. The Bertz CT molecular complexity index is 560. The molecule has 4 heteroatoms. The summed E-state index contributed by atoms with van der Waals surface area (Å²) in [5, 5.41) is 10.5. The average Bonchev–Trinajstić information content (AvgIpc) is 2.58. The summed E-state index contributed by atoms with van der Waals surface area (Å²) in [5.41, 5.74) is 1.27. The molecule has 0 bridgehead atoms. The molecule has 1 saturated carbocycles. The minimum absolute atomic E-state index is 0.697. The molecule has 2 fully saturated rings. The van der Waals surface area contributed by atoms with Gasteiger partial charge >= 0.3 is 5.97 Å². The van der Waals surface area contributed by atoms with Crippen LogP contribution >= 0.6 is 11.6 Å².